The topological polar surface area (TPSA) is 64.4 Å². The Morgan fingerprint density at radius 1 is 1.39 bits per heavy atom. The zero-order valence-electron chi connectivity index (χ0n) is 10.1. The van der Waals surface area contributed by atoms with Crippen LogP contribution < -0.4 is 15.8 Å². The van der Waals surface area contributed by atoms with E-state index in [4.69, 9.17) is 10.5 Å². The Bertz CT molecular complexity index is 467. The van der Waals surface area contributed by atoms with Crippen LogP contribution in [0.3, 0.4) is 0 Å². The van der Waals surface area contributed by atoms with Crippen molar-refractivity contribution in [2.45, 2.75) is 18.9 Å². The van der Waals surface area contributed by atoms with E-state index in [0.29, 0.717) is 12.6 Å². The van der Waals surface area contributed by atoms with Crippen LogP contribution in [0.5, 0.6) is 5.75 Å². The third-order valence-electron chi connectivity index (χ3n) is 2.47. The van der Waals surface area contributed by atoms with Crippen LogP contribution in [0.4, 0.5) is 0 Å². The van der Waals surface area contributed by atoms with Crippen molar-refractivity contribution >= 4 is 5.91 Å². The van der Waals surface area contributed by atoms with Gasteiger partial charge in [0.2, 0.25) is 5.91 Å². The fourth-order valence-electron chi connectivity index (χ4n) is 1.36. The lowest BCUT2D eigenvalue weighted by atomic mass is 10.2. The minimum absolute atomic E-state index is 0.00508. The SMILES string of the molecule is NCC(=O)NCC#Cc1ccc(OC2CC2)cc1. The van der Waals surface area contributed by atoms with Gasteiger partial charge in [-0.15, -0.1) is 0 Å². The number of benzene rings is 1. The van der Waals surface area contributed by atoms with Crippen LogP contribution in [0.2, 0.25) is 0 Å². The van der Waals surface area contributed by atoms with Gasteiger partial charge in [-0.25, -0.2) is 0 Å². The highest BCUT2D eigenvalue weighted by atomic mass is 16.5. The molecule has 1 saturated carbocycles. The Labute approximate surface area is 107 Å². The van der Waals surface area contributed by atoms with Crippen LogP contribution in [0.15, 0.2) is 24.3 Å². The Balaban J connectivity index is 1.81. The zero-order valence-corrected chi connectivity index (χ0v) is 10.1. The predicted octanol–water partition coefficient (Wildman–Crippen LogP) is 0.654. The van der Waals surface area contributed by atoms with E-state index in [-0.39, 0.29) is 12.5 Å². The molecule has 1 amide bonds. The van der Waals surface area contributed by atoms with Crippen molar-refractivity contribution in [3.63, 3.8) is 0 Å². The van der Waals surface area contributed by atoms with Crippen molar-refractivity contribution in [2.75, 3.05) is 13.1 Å². The lowest BCUT2D eigenvalue weighted by molar-refractivity contribution is -0.119. The van der Waals surface area contributed by atoms with Gasteiger partial charge in [-0.1, -0.05) is 11.8 Å². The lowest BCUT2D eigenvalue weighted by Crippen LogP contribution is -2.30. The number of nitrogens with one attached hydrogen (secondary N) is 1. The molecule has 1 fully saturated rings. The number of nitrogens with two attached hydrogens (primary N) is 1. The summed E-state index contributed by atoms with van der Waals surface area (Å²) in [5.41, 5.74) is 6.06. The normalized spacial score (nSPS) is 13.4. The van der Waals surface area contributed by atoms with Crippen molar-refractivity contribution < 1.29 is 9.53 Å². The molecule has 4 heteroatoms. The van der Waals surface area contributed by atoms with Crippen LogP contribution in [0.1, 0.15) is 18.4 Å². The summed E-state index contributed by atoms with van der Waals surface area (Å²) in [6.07, 6.45) is 2.72. The van der Waals surface area contributed by atoms with Gasteiger partial charge in [0.05, 0.1) is 19.2 Å². The molecular formula is C14H16N2O2. The van der Waals surface area contributed by atoms with Gasteiger partial charge >= 0.3 is 0 Å². The molecule has 1 aromatic rings. The Kier molecular flexibility index (Phi) is 4.21. The van der Waals surface area contributed by atoms with E-state index in [1.165, 1.54) is 0 Å². The van der Waals surface area contributed by atoms with Crippen molar-refractivity contribution in [2.24, 2.45) is 5.73 Å². The van der Waals surface area contributed by atoms with Crippen molar-refractivity contribution in [1.82, 2.24) is 5.32 Å². The molecular weight excluding hydrogens is 228 g/mol. The monoisotopic (exact) mass is 244 g/mol. The van der Waals surface area contributed by atoms with Gasteiger partial charge < -0.3 is 15.8 Å². The molecule has 0 radical (unpaired) electrons. The van der Waals surface area contributed by atoms with E-state index in [1.54, 1.807) is 0 Å². The molecule has 18 heavy (non-hydrogen) atoms. The average Bonchev–Trinajstić information content (AvgIpc) is 3.20. The molecule has 0 aliphatic heterocycles. The van der Waals surface area contributed by atoms with E-state index in [2.05, 4.69) is 17.2 Å². The summed E-state index contributed by atoms with van der Waals surface area (Å²) in [7, 11) is 0. The zero-order chi connectivity index (χ0) is 12.8. The minimum Gasteiger partial charge on any atom is -0.490 e. The second kappa shape index (κ2) is 6.08. The number of ether oxygens (including phenoxy) is 1. The summed E-state index contributed by atoms with van der Waals surface area (Å²) < 4.78 is 5.63. The van der Waals surface area contributed by atoms with Gasteiger partial charge in [-0.05, 0) is 37.1 Å². The molecule has 1 aliphatic carbocycles. The molecule has 0 spiro atoms. The molecule has 0 atom stereocenters. The standard InChI is InChI=1S/C14H16N2O2/c15-10-14(17)16-9-1-2-11-3-5-12(6-4-11)18-13-7-8-13/h3-6,13H,7-10,15H2,(H,16,17). The van der Waals surface area contributed by atoms with Crippen LogP contribution in [0, 0.1) is 11.8 Å². The summed E-state index contributed by atoms with van der Waals surface area (Å²) in [4.78, 5) is 10.9. The first kappa shape index (κ1) is 12.5. The highest BCUT2D eigenvalue weighted by Crippen LogP contribution is 2.26. The Morgan fingerprint density at radius 3 is 2.72 bits per heavy atom. The second-order valence-corrected chi connectivity index (χ2v) is 4.12. The largest absolute Gasteiger partial charge is 0.490 e. The lowest BCUT2D eigenvalue weighted by Gasteiger charge is -2.02. The minimum atomic E-state index is -0.197. The highest BCUT2D eigenvalue weighted by molar-refractivity contribution is 5.77. The van der Waals surface area contributed by atoms with Crippen LogP contribution >= 0.6 is 0 Å². The maximum atomic E-state index is 10.9. The van der Waals surface area contributed by atoms with E-state index in [1.807, 2.05) is 24.3 Å². The van der Waals surface area contributed by atoms with Crippen molar-refractivity contribution in [3.8, 4) is 17.6 Å². The van der Waals surface area contributed by atoms with E-state index < -0.39 is 0 Å². The van der Waals surface area contributed by atoms with Gasteiger partial charge in [-0.2, -0.15) is 0 Å². The molecule has 0 bridgehead atoms. The third-order valence-corrected chi connectivity index (χ3v) is 2.47. The van der Waals surface area contributed by atoms with E-state index in [9.17, 15) is 4.79 Å². The smallest absolute Gasteiger partial charge is 0.234 e. The first-order valence-corrected chi connectivity index (χ1v) is 6.00. The molecule has 0 heterocycles. The van der Waals surface area contributed by atoms with Crippen molar-refractivity contribution in [3.05, 3.63) is 29.8 Å². The Morgan fingerprint density at radius 2 is 2.11 bits per heavy atom. The van der Waals surface area contributed by atoms with Gasteiger partial charge in [-0.3, -0.25) is 4.79 Å². The molecule has 0 aromatic heterocycles. The molecule has 2 rings (SSSR count). The number of hydrogen-bond acceptors (Lipinski definition) is 3. The highest BCUT2D eigenvalue weighted by Gasteiger charge is 2.23. The van der Waals surface area contributed by atoms with Crippen LogP contribution in [-0.4, -0.2) is 25.1 Å². The molecule has 1 aliphatic rings. The number of rotatable bonds is 4. The maximum absolute atomic E-state index is 10.9. The number of carbonyl (C=O) groups excluding carboxylic acids is 1. The summed E-state index contributed by atoms with van der Waals surface area (Å²) >= 11 is 0. The first-order valence-electron chi connectivity index (χ1n) is 6.00. The number of hydrogen-bond donors (Lipinski definition) is 2. The van der Waals surface area contributed by atoms with Gasteiger partial charge in [0.25, 0.3) is 0 Å². The molecule has 0 saturated heterocycles. The van der Waals surface area contributed by atoms with Crippen LogP contribution in [0.25, 0.3) is 0 Å². The molecule has 0 unspecified atom stereocenters. The first-order chi connectivity index (χ1) is 8.78. The predicted molar refractivity (Wildman–Crippen MR) is 69.0 cm³/mol. The van der Waals surface area contributed by atoms with Gasteiger partial charge in [0.1, 0.15) is 5.75 Å². The summed E-state index contributed by atoms with van der Waals surface area (Å²) in [5.74, 6) is 6.51. The van der Waals surface area contributed by atoms with E-state index >= 15 is 0 Å². The summed E-state index contributed by atoms with van der Waals surface area (Å²) in [6, 6.07) is 7.66. The fraction of sp³-hybridized carbons (Fsp3) is 0.357. The molecule has 1 aromatic carbocycles. The summed E-state index contributed by atoms with van der Waals surface area (Å²) in [6.45, 7) is 0.311. The molecule has 94 valence electrons. The fourth-order valence-corrected chi connectivity index (χ4v) is 1.36. The molecule has 3 N–H and O–H groups in total. The van der Waals surface area contributed by atoms with E-state index in [0.717, 1.165) is 24.2 Å². The second-order valence-electron chi connectivity index (χ2n) is 4.12. The van der Waals surface area contributed by atoms with Gasteiger partial charge in [0.15, 0.2) is 0 Å². The van der Waals surface area contributed by atoms with Crippen LogP contribution in [-0.2, 0) is 4.79 Å². The molecule has 4 nitrogen and oxygen atoms in total. The quantitative estimate of drug-likeness (QED) is 0.764. The Hall–Kier alpha value is -1.99. The number of carbonyl (C=O) groups is 1. The average molecular weight is 244 g/mol. The summed E-state index contributed by atoms with van der Waals surface area (Å²) in [5, 5.41) is 2.59. The number of amides is 1. The third kappa shape index (κ3) is 4.11. The van der Waals surface area contributed by atoms with Gasteiger partial charge in [0, 0.05) is 5.56 Å². The maximum Gasteiger partial charge on any atom is 0.234 e. The van der Waals surface area contributed by atoms with Crippen molar-refractivity contribution in [1.29, 1.82) is 0 Å².